The van der Waals surface area contributed by atoms with Crippen molar-refractivity contribution in [3.05, 3.63) is 28.3 Å². The molecule has 0 amide bonds. The fourth-order valence-corrected chi connectivity index (χ4v) is 5.25. The smallest absolute Gasteiger partial charge is 0.187 e. The van der Waals surface area contributed by atoms with E-state index in [0.29, 0.717) is 18.4 Å². The largest absolute Gasteiger partial charge is 0.378 e. The van der Waals surface area contributed by atoms with E-state index in [1.54, 1.807) is 11.3 Å². The van der Waals surface area contributed by atoms with Gasteiger partial charge in [-0.05, 0) is 31.9 Å². The zero-order valence-corrected chi connectivity index (χ0v) is 20.1. The van der Waals surface area contributed by atoms with Gasteiger partial charge in [0, 0.05) is 24.5 Å². The van der Waals surface area contributed by atoms with Crippen molar-refractivity contribution in [3.8, 4) is 10.4 Å². The average molecular weight is 459 g/mol. The number of hydrogen-bond acceptors (Lipinski definition) is 7. The van der Waals surface area contributed by atoms with Gasteiger partial charge in [-0.15, -0.1) is 0 Å². The maximum Gasteiger partial charge on any atom is 0.187 e. The highest BCUT2D eigenvalue weighted by atomic mass is 35.5. The summed E-state index contributed by atoms with van der Waals surface area (Å²) in [4.78, 5) is 12.6. The second-order valence-corrected chi connectivity index (χ2v) is 8.89. The number of aromatic nitrogens is 4. The van der Waals surface area contributed by atoms with Gasteiger partial charge in [0.25, 0.3) is 0 Å². The van der Waals surface area contributed by atoms with E-state index in [1.165, 1.54) is 0 Å². The number of rotatable bonds is 5. The zero-order chi connectivity index (χ0) is 22.8. The van der Waals surface area contributed by atoms with Crippen LogP contribution >= 0.6 is 22.9 Å². The van der Waals surface area contributed by atoms with Crippen LogP contribution in [0.1, 0.15) is 43.8 Å². The number of ether oxygens (including phenoxy) is 1. The lowest BCUT2D eigenvalue weighted by Crippen LogP contribution is -2.36. The molecule has 0 spiro atoms. The number of anilines is 1. The van der Waals surface area contributed by atoms with Crippen molar-refractivity contribution in [2.45, 2.75) is 45.9 Å². The standard InChI is InChI=1S/C20H25BClN5OS.CH3N/c1-5-20(21,6-2)14-11-12(3)23-18-15(13(4)25-27(14)18)16-17(22)24-19(29-16)26-7-9-28-10-8-26;1-2/h11H,5-10H2,1-4H3;2H,1H2. The first-order chi connectivity index (χ1) is 14.9. The topological polar surface area (TPSA) is 79.4 Å². The molecule has 1 aliphatic rings. The Balaban J connectivity index is 0.00000132. The van der Waals surface area contributed by atoms with E-state index in [-0.39, 0.29) is 0 Å². The molecule has 4 heterocycles. The number of fused-ring (bicyclic) bond motifs is 1. The van der Waals surface area contributed by atoms with Gasteiger partial charge in [0.05, 0.1) is 37.2 Å². The van der Waals surface area contributed by atoms with Crippen molar-refractivity contribution >= 4 is 48.3 Å². The third-order valence-electron chi connectivity index (χ3n) is 5.75. The van der Waals surface area contributed by atoms with Crippen LogP contribution in [0.3, 0.4) is 0 Å². The van der Waals surface area contributed by atoms with Crippen LogP contribution in [-0.2, 0) is 10.1 Å². The Kier molecular flexibility index (Phi) is 7.39. The fourth-order valence-electron chi connectivity index (χ4n) is 3.81. The summed E-state index contributed by atoms with van der Waals surface area (Å²) in [7, 11) is 6.74. The molecule has 0 aromatic carbocycles. The summed E-state index contributed by atoms with van der Waals surface area (Å²) in [5.74, 6) is 0. The first-order valence-electron chi connectivity index (χ1n) is 10.4. The molecule has 1 fully saturated rings. The fraction of sp³-hybridized carbons (Fsp3) is 0.524. The SMILES string of the molecule is C=N.[B]C(CC)(CC)c1cc(C)nc2c(-c3sc(N4CCOCC4)nc3Cl)c(C)nn12. The van der Waals surface area contributed by atoms with Crippen molar-refractivity contribution in [3.63, 3.8) is 0 Å². The Morgan fingerprint density at radius 3 is 2.48 bits per heavy atom. The second-order valence-electron chi connectivity index (χ2n) is 7.56. The van der Waals surface area contributed by atoms with Crippen LogP contribution in [0.4, 0.5) is 5.13 Å². The molecule has 10 heteroatoms. The Hall–Kier alpha value is -1.97. The van der Waals surface area contributed by atoms with Crippen LogP contribution < -0.4 is 4.90 Å². The monoisotopic (exact) mass is 458 g/mol. The Morgan fingerprint density at radius 1 is 1.23 bits per heavy atom. The minimum Gasteiger partial charge on any atom is -0.378 e. The lowest BCUT2D eigenvalue weighted by Gasteiger charge is -2.28. The molecule has 0 atom stereocenters. The molecule has 0 aliphatic carbocycles. The predicted octanol–water partition coefficient (Wildman–Crippen LogP) is 4.41. The van der Waals surface area contributed by atoms with Gasteiger partial charge in [0.2, 0.25) is 0 Å². The van der Waals surface area contributed by atoms with E-state index in [4.69, 9.17) is 39.7 Å². The van der Waals surface area contributed by atoms with Crippen LogP contribution in [0.2, 0.25) is 5.15 Å². The predicted molar refractivity (Wildman–Crippen MR) is 129 cm³/mol. The van der Waals surface area contributed by atoms with Gasteiger partial charge in [0.1, 0.15) is 5.15 Å². The molecule has 0 bridgehead atoms. The van der Waals surface area contributed by atoms with Crippen LogP contribution in [0, 0.1) is 19.3 Å². The minimum atomic E-state index is -0.460. The number of nitrogens with one attached hydrogen (secondary N) is 1. The van der Waals surface area contributed by atoms with E-state index >= 15 is 0 Å². The van der Waals surface area contributed by atoms with E-state index in [1.807, 2.05) is 24.4 Å². The van der Waals surface area contributed by atoms with Crippen LogP contribution in [0.5, 0.6) is 0 Å². The van der Waals surface area contributed by atoms with E-state index < -0.39 is 5.31 Å². The van der Waals surface area contributed by atoms with Gasteiger partial charge in [-0.3, -0.25) is 0 Å². The molecular formula is C21H28BClN6OS. The molecule has 1 aliphatic heterocycles. The highest BCUT2D eigenvalue weighted by Gasteiger charge is 2.29. The summed E-state index contributed by atoms with van der Waals surface area (Å²) in [6, 6.07) is 2.05. The van der Waals surface area contributed by atoms with Crippen LogP contribution in [0.25, 0.3) is 16.1 Å². The molecule has 3 aromatic heterocycles. The first kappa shape index (κ1) is 23.7. The summed E-state index contributed by atoms with van der Waals surface area (Å²) >= 11 is 8.19. The number of morpholine rings is 1. The van der Waals surface area contributed by atoms with E-state index in [0.717, 1.165) is 64.2 Å². The number of aryl methyl sites for hydroxylation is 2. The van der Waals surface area contributed by atoms with Crippen LogP contribution in [0.15, 0.2) is 6.07 Å². The maximum absolute atomic E-state index is 6.74. The molecule has 3 aromatic rings. The van der Waals surface area contributed by atoms with Crippen molar-refractivity contribution in [1.29, 1.82) is 5.41 Å². The summed E-state index contributed by atoms with van der Waals surface area (Å²) in [5.41, 5.74) is 4.49. The summed E-state index contributed by atoms with van der Waals surface area (Å²) in [5, 5.41) is 11.3. The average Bonchev–Trinajstić information content (AvgIpc) is 3.33. The molecule has 4 rings (SSSR count). The molecule has 164 valence electrons. The molecule has 0 saturated carbocycles. The van der Waals surface area contributed by atoms with Crippen molar-refractivity contribution in [2.24, 2.45) is 0 Å². The summed E-state index contributed by atoms with van der Waals surface area (Å²) in [6.45, 7) is 13.8. The minimum absolute atomic E-state index is 0.460. The van der Waals surface area contributed by atoms with Gasteiger partial charge in [-0.1, -0.05) is 49.6 Å². The normalized spacial score (nSPS) is 14.5. The maximum atomic E-state index is 6.74. The third-order valence-corrected chi connectivity index (χ3v) is 7.27. The molecule has 0 unspecified atom stereocenters. The number of halogens is 1. The Labute approximate surface area is 193 Å². The molecule has 1 saturated heterocycles. The Morgan fingerprint density at radius 2 is 1.87 bits per heavy atom. The molecule has 2 radical (unpaired) electrons. The van der Waals surface area contributed by atoms with Crippen molar-refractivity contribution < 1.29 is 4.74 Å². The van der Waals surface area contributed by atoms with Gasteiger partial charge in [0.15, 0.2) is 10.8 Å². The summed E-state index contributed by atoms with van der Waals surface area (Å²) in [6.07, 6.45) is 1.64. The lowest BCUT2D eigenvalue weighted by molar-refractivity contribution is 0.122. The molecule has 31 heavy (non-hydrogen) atoms. The van der Waals surface area contributed by atoms with Crippen LogP contribution in [-0.4, -0.2) is 60.4 Å². The second kappa shape index (κ2) is 9.67. The number of thiazole rings is 1. The van der Waals surface area contributed by atoms with E-state index in [9.17, 15) is 0 Å². The summed E-state index contributed by atoms with van der Waals surface area (Å²) < 4.78 is 7.35. The highest BCUT2D eigenvalue weighted by molar-refractivity contribution is 7.19. The van der Waals surface area contributed by atoms with Gasteiger partial charge in [-0.25, -0.2) is 14.5 Å². The first-order valence-corrected chi connectivity index (χ1v) is 11.6. The molecule has 7 nitrogen and oxygen atoms in total. The van der Waals surface area contributed by atoms with Gasteiger partial charge < -0.3 is 15.0 Å². The highest BCUT2D eigenvalue weighted by Crippen LogP contribution is 2.42. The number of nitrogens with zero attached hydrogens (tertiary/aromatic N) is 5. The van der Waals surface area contributed by atoms with Gasteiger partial charge in [-0.2, -0.15) is 5.10 Å². The lowest BCUT2D eigenvalue weighted by atomic mass is 9.62. The number of hydrogen-bond donors (Lipinski definition) is 1. The van der Waals surface area contributed by atoms with E-state index in [2.05, 4.69) is 30.4 Å². The Bertz CT molecular complexity index is 1060. The zero-order valence-electron chi connectivity index (χ0n) is 18.5. The quantitative estimate of drug-likeness (QED) is 0.452. The van der Waals surface area contributed by atoms with Crippen molar-refractivity contribution in [1.82, 2.24) is 19.6 Å². The third kappa shape index (κ3) is 4.36. The molecule has 1 N–H and O–H groups in total. The van der Waals surface area contributed by atoms with Gasteiger partial charge >= 0.3 is 0 Å². The van der Waals surface area contributed by atoms with Crippen molar-refractivity contribution in [2.75, 3.05) is 31.2 Å². The molecular weight excluding hydrogens is 431 g/mol.